The average molecular weight is 261 g/mol. The smallest absolute Gasteiger partial charge is 0.309 e. The van der Waals surface area contributed by atoms with Gasteiger partial charge in [-0.1, -0.05) is 12.1 Å². The molecule has 1 aromatic rings. The van der Waals surface area contributed by atoms with Crippen LogP contribution in [0.4, 0.5) is 5.69 Å². The Hall–Kier alpha value is -1.81. The third kappa shape index (κ3) is 2.24. The van der Waals surface area contributed by atoms with Gasteiger partial charge in [-0.3, -0.25) is 4.79 Å². The van der Waals surface area contributed by atoms with Crippen LogP contribution in [0.15, 0.2) is 23.8 Å². The lowest BCUT2D eigenvalue weighted by molar-refractivity contribution is -0.145. The van der Waals surface area contributed by atoms with E-state index >= 15 is 0 Å². The number of esters is 1. The standard InChI is InChI=1S/C15H19NO3/c1-10-7-11-5-6-12(16(2)3)8-13(11)15(10,18)9-14(17)19-4/h5-8,18H,9H2,1-4H3. The first-order valence-corrected chi connectivity index (χ1v) is 6.18. The van der Waals surface area contributed by atoms with Crippen molar-refractivity contribution in [2.45, 2.75) is 18.9 Å². The lowest BCUT2D eigenvalue weighted by Crippen LogP contribution is -2.29. The van der Waals surface area contributed by atoms with Crippen LogP contribution in [-0.4, -0.2) is 32.3 Å². The van der Waals surface area contributed by atoms with Crippen LogP contribution in [0, 0.1) is 0 Å². The number of ether oxygens (including phenoxy) is 1. The molecule has 0 saturated carbocycles. The normalized spacial score (nSPS) is 20.8. The van der Waals surface area contributed by atoms with Crippen LogP contribution in [0.5, 0.6) is 0 Å². The molecule has 1 atom stereocenters. The van der Waals surface area contributed by atoms with E-state index in [1.54, 1.807) is 0 Å². The fourth-order valence-corrected chi connectivity index (χ4v) is 2.39. The number of benzene rings is 1. The summed E-state index contributed by atoms with van der Waals surface area (Å²) in [7, 11) is 5.21. The number of fused-ring (bicyclic) bond motifs is 1. The average Bonchev–Trinajstić information content (AvgIpc) is 2.61. The summed E-state index contributed by atoms with van der Waals surface area (Å²) in [5.41, 5.74) is 2.22. The molecule has 0 heterocycles. The molecule has 1 aromatic carbocycles. The Morgan fingerprint density at radius 1 is 1.42 bits per heavy atom. The second-order valence-electron chi connectivity index (χ2n) is 5.11. The minimum absolute atomic E-state index is 0.0598. The summed E-state index contributed by atoms with van der Waals surface area (Å²) in [4.78, 5) is 13.5. The van der Waals surface area contributed by atoms with Gasteiger partial charge in [-0.05, 0) is 35.8 Å². The Morgan fingerprint density at radius 3 is 2.68 bits per heavy atom. The molecule has 0 spiro atoms. The molecule has 2 rings (SSSR count). The second kappa shape index (κ2) is 4.70. The second-order valence-corrected chi connectivity index (χ2v) is 5.11. The zero-order valence-corrected chi connectivity index (χ0v) is 11.7. The number of hydrogen-bond acceptors (Lipinski definition) is 4. The molecule has 0 bridgehead atoms. The minimum Gasteiger partial charge on any atom is -0.469 e. The minimum atomic E-state index is -1.26. The quantitative estimate of drug-likeness (QED) is 0.845. The van der Waals surface area contributed by atoms with Gasteiger partial charge in [0.1, 0.15) is 5.60 Å². The molecular weight excluding hydrogens is 242 g/mol. The number of aliphatic hydroxyl groups is 1. The van der Waals surface area contributed by atoms with Gasteiger partial charge in [0.25, 0.3) is 0 Å². The zero-order valence-electron chi connectivity index (χ0n) is 11.7. The van der Waals surface area contributed by atoms with E-state index in [0.717, 1.165) is 22.4 Å². The number of rotatable bonds is 3. The molecule has 0 aliphatic heterocycles. The monoisotopic (exact) mass is 261 g/mol. The Kier molecular flexibility index (Phi) is 3.37. The van der Waals surface area contributed by atoms with Crippen LogP contribution in [0.25, 0.3) is 6.08 Å². The largest absolute Gasteiger partial charge is 0.469 e. The number of methoxy groups -OCH3 is 1. The number of anilines is 1. The van der Waals surface area contributed by atoms with Gasteiger partial charge in [0.05, 0.1) is 13.5 Å². The summed E-state index contributed by atoms with van der Waals surface area (Å²) in [5, 5.41) is 10.8. The van der Waals surface area contributed by atoms with Crippen LogP contribution >= 0.6 is 0 Å². The first kappa shape index (κ1) is 13.6. The fourth-order valence-electron chi connectivity index (χ4n) is 2.39. The number of nitrogens with zero attached hydrogens (tertiary/aromatic N) is 1. The SMILES string of the molecule is COC(=O)CC1(O)C(C)=Cc2ccc(N(C)C)cc21. The van der Waals surface area contributed by atoms with Crippen LogP contribution in [0.1, 0.15) is 24.5 Å². The molecule has 1 aliphatic carbocycles. The highest BCUT2D eigenvalue weighted by Gasteiger charge is 2.40. The maximum Gasteiger partial charge on any atom is 0.309 e. The highest BCUT2D eigenvalue weighted by molar-refractivity contribution is 5.77. The van der Waals surface area contributed by atoms with Gasteiger partial charge in [0.2, 0.25) is 0 Å². The van der Waals surface area contributed by atoms with Crippen molar-refractivity contribution in [1.29, 1.82) is 0 Å². The van der Waals surface area contributed by atoms with Gasteiger partial charge in [-0.15, -0.1) is 0 Å². The number of carbonyl (C=O) groups excluding carboxylic acids is 1. The zero-order chi connectivity index (χ0) is 14.2. The molecule has 1 aliphatic rings. The molecule has 0 radical (unpaired) electrons. The third-order valence-corrected chi connectivity index (χ3v) is 3.65. The summed E-state index contributed by atoms with van der Waals surface area (Å²) in [6, 6.07) is 5.88. The van der Waals surface area contributed by atoms with Crippen molar-refractivity contribution in [2.24, 2.45) is 0 Å². The van der Waals surface area contributed by atoms with Crippen LogP contribution in [0.2, 0.25) is 0 Å². The van der Waals surface area contributed by atoms with E-state index < -0.39 is 11.6 Å². The predicted molar refractivity (Wildman–Crippen MR) is 74.9 cm³/mol. The van der Waals surface area contributed by atoms with E-state index in [1.165, 1.54) is 7.11 Å². The summed E-state index contributed by atoms with van der Waals surface area (Å²) in [5.74, 6) is -0.418. The highest BCUT2D eigenvalue weighted by Crippen LogP contribution is 2.43. The van der Waals surface area contributed by atoms with E-state index in [4.69, 9.17) is 0 Å². The summed E-state index contributed by atoms with van der Waals surface area (Å²) >= 11 is 0. The van der Waals surface area contributed by atoms with E-state index in [1.807, 2.05) is 50.2 Å². The van der Waals surface area contributed by atoms with Gasteiger partial charge in [0, 0.05) is 19.8 Å². The summed E-state index contributed by atoms with van der Waals surface area (Å²) in [6.45, 7) is 1.83. The van der Waals surface area contributed by atoms with E-state index in [0.29, 0.717) is 0 Å². The molecule has 4 heteroatoms. The van der Waals surface area contributed by atoms with Gasteiger partial charge in [-0.25, -0.2) is 0 Å². The van der Waals surface area contributed by atoms with Crippen molar-refractivity contribution in [3.05, 3.63) is 34.9 Å². The van der Waals surface area contributed by atoms with Crippen molar-refractivity contribution >= 4 is 17.7 Å². The first-order valence-electron chi connectivity index (χ1n) is 6.18. The van der Waals surface area contributed by atoms with Crippen LogP contribution < -0.4 is 4.90 Å². The van der Waals surface area contributed by atoms with Crippen molar-refractivity contribution in [3.8, 4) is 0 Å². The van der Waals surface area contributed by atoms with Gasteiger partial charge in [0.15, 0.2) is 0 Å². The van der Waals surface area contributed by atoms with E-state index in [2.05, 4.69) is 4.74 Å². The van der Waals surface area contributed by atoms with Crippen molar-refractivity contribution in [3.63, 3.8) is 0 Å². The maximum atomic E-state index is 11.5. The molecule has 4 nitrogen and oxygen atoms in total. The van der Waals surface area contributed by atoms with E-state index in [-0.39, 0.29) is 6.42 Å². The number of carbonyl (C=O) groups is 1. The maximum absolute atomic E-state index is 11.5. The molecule has 102 valence electrons. The lowest BCUT2D eigenvalue weighted by Gasteiger charge is -2.26. The molecule has 0 saturated heterocycles. The van der Waals surface area contributed by atoms with Crippen molar-refractivity contribution in [2.75, 3.05) is 26.1 Å². The summed E-state index contributed by atoms with van der Waals surface area (Å²) in [6.07, 6.45) is 1.85. The molecule has 0 aromatic heterocycles. The van der Waals surface area contributed by atoms with Gasteiger partial charge >= 0.3 is 5.97 Å². The van der Waals surface area contributed by atoms with Crippen molar-refractivity contribution in [1.82, 2.24) is 0 Å². The van der Waals surface area contributed by atoms with Gasteiger partial charge < -0.3 is 14.7 Å². The highest BCUT2D eigenvalue weighted by atomic mass is 16.5. The molecule has 1 unspecified atom stereocenters. The Bertz CT molecular complexity index is 548. The lowest BCUT2D eigenvalue weighted by atomic mass is 9.87. The predicted octanol–water partition coefficient (Wildman–Crippen LogP) is 1.92. The molecule has 19 heavy (non-hydrogen) atoms. The molecule has 0 fully saturated rings. The Balaban J connectivity index is 2.47. The van der Waals surface area contributed by atoms with Crippen LogP contribution in [0.3, 0.4) is 0 Å². The fraction of sp³-hybridized carbons (Fsp3) is 0.400. The topological polar surface area (TPSA) is 49.8 Å². The molecule has 0 amide bonds. The Labute approximate surface area is 113 Å². The third-order valence-electron chi connectivity index (χ3n) is 3.65. The molecule has 1 N–H and O–H groups in total. The van der Waals surface area contributed by atoms with E-state index in [9.17, 15) is 9.90 Å². The van der Waals surface area contributed by atoms with Crippen molar-refractivity contribution < 1.29 is 14.6 Å². The van der Waals surface area contributed by atoms with Crippen LogP contribution in [-0.2, 0) is 15.1 Å². The van der Waals surface area contributed by atoms with Gasteiger partial charge in [-0.2, -0.15) is 0 Å². The Morgan fingerprint density at radius 2 is 2.11 bits per heavy atom. The summed E-state index contributed by atoms with van der Waals surface area (Å²) < 4.78 is 4.68. The molecular formula is C15H19NO3. The number of hydrogen-bond donors (Lipinski definition) is 1. The first-order chi connectivity index (χ1) is 8.88.